The van der Waals surface area contributed by atoms with Crippen LogP contribution in [-0.2, 0) is 4.79 Å². The van der Waals surface area contributed by atoms with Crippen LogP contribution >= 0.6 is 11.8 Å². The van der Waals surface area contributed by atoms with E-state index < -0.39 is 11.8 Å². The van der Waals surface area contributed by atoms with Crippen molar-refractivity contribution in [1.82, 2.24) is 0 Å². The normalized spacial score (nSPS) is 28.1. The molecule has 1 atom stereocenters. The summed E-state index contributed by atoms with van der Waals surface area (Å²) < 4.78 is 24.2. The third-order valence-electron chi connectivity index (χ3n) is 1.44. The smallest absolute Gasteiger partial charge is 0.252 e. The van der Waals surface area contributed by atoms with E-state index in [9.17, 15) is 13.6 Å². The monoisotopic (exact) mass is 166 g/mol. The van der Waals surface area contributed by atoms with Crippen molar-refractivity contribution in [2.24, 2.45) is 5.92 Å². The van der Waals surface area contributed by atoms with Crippen LogP contribution in [0.25, 0.3) is 0 Å². The molecule has 1 saturated carbocycles. The molecule has 1 fully saturated rings. The molecule has 0 saturated heterocycles. The summed E-state index contributed by atoms with van der Waals surface area (Å²) in [6, 6.07) is 0. The van der Waals surface area contributed by atoms with Gasteiger partial charge < -0.3 is 0 Å². The zero-order chi connectivity index (χ0) is 7.78. The van der Waals surface area contributed by atoms with Gasteiger partial charge in [-0.05, 0) is 0 Å². The average Bonchev–Trinajstić information content (AvgIpc) is 2.35. The minimum Gasteiger partial charge on any atom is -0.288 e. The van der Waals surface area contributed by atoms with E-state index >= 15 is 0 Å². The van der Waals surface area contributed by atoms with Gasteiger partial charge in [-0.15, -0.1) is 0 Å². The van der Waals surface area contributed by atoms with E-state index in [1.165, 1.54) is 6.92 Å². The van der Waals surface area contributed by atoms with Crippen LogP contribution < -0.4 is 0 Å². The molecule has 0 aromatic rings. The third-order valence-corrected chi connectivity index (χ3v) is 2.42. The average molecular weight is 166 g/mol. The van der Waals surface area contributed by atoms with Gasteiger partial charge in [0.25, 0.3) is 5.92 Å². The predicted octanol–water partition coefficient (Wildman–Crippen LogP) is 1.92. The second-order valence-corrected chi connectivity index (χ2v) is 3.66. The topological polar surface area (TPSA) is 17.1 Å². The van der Waals surface area contributed by atoms with E-state index in [0.717, 1.165) is 11.8 Å². The zero-order valence-corrected chi connectivity index (χ0v) is 6.38. The van der Waals surface area contributed by atoms with Crippen LogP contribution in [0.15, 0.2) is 0 Å². The van der Waals surface area contributed by atoms with Crippen molar-refractivity contribution in [3.05, 3.63) is 0 Å². The Morgan fingerprint density at radius 1 is 1.80 bits per heavy atom. The van der Waals surface area contributed by atoms with Gasteiger partial charge in [-0.3, -0.25) is 4.79 Å². The van der Waals surface area contributed by atoms with Crippen molar-refractivity contribution in [2.75, 3.05) is 5.75 Å². The number of hydrogen-bond donors (Lipinski definition) is 0. The van der Waals surface area contributed by atoms with E-state index in [2.05, 4.69) is 0 Å². The van der Waals surface area contributed by atoms with Gasteiger partial charge in [0.1, 0.15) is 0 Å². The second kappa shape index (κ2) is 2.49. The molecule has 0 aliphatic heterocycles. The third kappa shape index (κ3) is 1.94. The Morgan fingerprint density at radius 2 is 2.30 bits per heavy atom. The van der Waals surface area contributed by atoms with E-state index in [1.54, 1.807) is 0 Å². The van der Waals surface area contributed by atoms with Gasteiger partial charge in [0.15, 0.2) is 5.12 Å². The molecule has 1 aliphatic rings. The lowest BCUT2D eigenvalue weighted by atomic mass is 10.5. The maximum atomic E-state index is 12.1. The Balaban J connectivity index is 2.13. The van der Waals surface area contributed by atoms with Gasteiger partial charge in [0.2, 0.25) is 0 Å². The van der Waals surface area contributed by atoms with Crippen molar-refractivity contribution < 1.29 is 13.6 Å². The maximum absolute atomic E-state index is 12.1. The fourth-order valence-electron chi connectivity index (χ4n) is 0.668. The zero-order valence-electron chi connectivity index (χ0n) is 5.56. The molecule has 0 N–H and O–H groups in total. The first-order valence-corrected chi connectivity index (χ1v) is 4.02. The highest BCUT2D eigenvalue weighted by molar-refractivity contribution is 8.13. The maximum Gasteiger partial charge on any atom is 0.252 e. The van der Waals surface area contributed by atoms with Gasteiger partial charge in [-0.25, -0.2) is 8.78 Å². The Hall–Kier alpha value is -0.120. The quantitative estimate of drug-likeness (QED) is 0.623. The molecule has 58 valence electrons. The summed E-state index contributed by atoms with van der Waals surface area (Å²) in [5, 5.41) is -0.0808. The van der Waals surface area contributed by atoms with Gasteiger partial charge in [-0.1, -0.05) is 11.8 Å². The number of carbonyl (C=O) groups is 1. The van der Waals surface area contributed by atoms with Crippen LogP contribution in [0.2, 0.25) is 0 Å². The van der Waals surface area contributed by atoms with E-state index in [-0.39, 0.29) is 17.3 Å². The molecular weight excluding hydrogens is 158 g/mol. The molecule has 0 heterocycles. The number of alkyl halides is 2. The Morgan fingerprint density at radius 3 is 2.60 bits per heavy atom. The summed E-state index contributed by atoms with van der Waals surface area (Å²) in [6.07, 6.45) is -0.0344. The lowest BCUT2D eigenvalue weighted by molar-refractivity contribution is -0.109. The molecule has 4 heteroatoms. The molecule has 10 heavy (non-hydrogen) atoms. The molecule has 1 aliphatic carbocycles. The highest BCUT2D eigenvalue weighted by atomic mass is 32.2. The van der Waals surface area contributed by atoms with E-state index in [0.29, 0.717) is 0 Å². The second-order valence-electron chi connectivity index (χ2n) is 2.46. The predicted molar refractivity (Wildman–Crippen MR) is 36.2 cm³/mol. The largest absolute Gasteiger partial charge is 0.288 e. The van der Waals surface area contributed by atoms with Crippen LogP contribution in [0.3, 0.4) is 0 Å². The van der Waals surface area contributed by atoms with Gasteiger partial charge in [0, 0.05) is 25.0 Å². The summed E-state index contributed by atoms with van der Waals surface area (Å²) in [6.45, 7) is 1.39. The van der Waals surface area contributed by atoms with Gasteiger partial charge >= 0.3 is 0 Å². The van der Waals surface area contributed by atoms with Crippen molar-refractivity contribution in [3.63, 3.8) is 0 Å². The molecule has 1 unspecified atom stereocenters. The molecule has 0 amide bonds. The Kier molecular flexibility index (Phi) is 1.99. The highest BCUT2D eigenvalue weighted by Gasteiger charge is 2.56. The van der Waals surface area contributed by atoms with Crippen LogP contribution in [0.1, 0.15) is 13.3 Å². The minimum absolute atomic E-state index is 0.0344. The fraction of sp³-hybridized carbons (Fsp3) is 0.833. The van der Waals surface area contributed by atoms with Crippen molar-refractivity contribution >= 4 is 16.9 Å². The van der Waals surface area contributed by atoms with Gasteiger partial charge in [-0.2, -0.15) is 0 Å². The number of halogens is 2. The van der Waals surface area contributed by atoms with Crippen LogP contribution in [-0.4, -0.2) is 16.8 Å². The number of thioether (sulfide) groups is 1. The van der Waals surface area contributed by atoms with E-state index in [1.807, 2.05) is 0 Å². The lowest BCUT2D eigenvalue weighted by Gasteiger charge is -1.93. The summed E-state index contributed by atoms with van der Waals surface area (Å²) in [4.78, 5) is 10.3. The van der Waals surface area contributed by atoms with Gasteiger partial charge in [0.05, 0.1) is 0 Å². The molecule has 0 radical (unpaired) electrons. The molecule has 0 aromatic carbocycles. The summed E-state index contributed by atoms with van der Waals surface area (Å²) in [5.74, 6) is -2.73. The van der Waals surface area contributed by atoms with Crippen LogP contribution in [0.5, 0.6) is 0 Å². The summed E-state index contributed by atoms with van der Waals surface area (Å²) in [7, 11) is 0. The number of hydrogen-bond acceptors (Lipinski definition) is 2. The molecule has 1 rings (SSSR count). The van der Waals surface area contributed by atoms with Crippen molar-refractivity contribution in [1.29, 1.82) is 0 Å². The number of carbonyl (C=O) groups excluding carboxylic acids is 1. The summed E-state index contributed by atoms with van der Waals surface area (Å²) >= 11 is 0.985. The highest BCUT2D eigenvalue weighted by Crippen LogP contribution is 2.49. The van der Waals surface area contributed by atoms with Crippen molar-refractivity contribution in [3.8, 4) is 0 Å². The molecule has 0 spiro atoms. The Labute approximate surface area is 62.2 Å². The standard InChI is InChI=1S/C6H8F2OS/c1-4(9)10-3-5-2-6(5,7)8/h5H,2-3H2,1H3. The molecular formula is C6H8F2OS. The Bertz CT molecular complexity index is 158. The van der Waals surface area contributed by atoms with Crippen molar-refractivity contribution in [2.45, 2.75) is 19.3 Å². The minimum atomic E-state index is -2.47. The van der Waals surface area contributed by atoms with E-state index in [4.69, 9.17) is 0 Å². The number of rotatable bonds is 2. The molecule has 0 bridgehead atoms. The molecule has 0 aromatic heterocycles. The first-order valence-electron chi connectivity index (χ1n) is 3.03. The molecule has 1 nitrogen and oxygen atoms in total. The lowest BCUT2D eigenvalue weighted by Crippen LogP contribution is -1.97. The van der Waals surface area contributed by atoms with Crippen LogP contribution in [0, 0.1) is 5.92 Å². The first-order chi connectivity index (χ1) is 4.52. The fourth-order valence-corrected chi connectivity index (χ4v) is 1.47. The first kappa shape index (κ1) is 7.98. The summed E-state index contributed by atoms with van der Waals surface area (Å²) in [5.41, 5.74) is 0. The van der Waals surface area contributed by atoms with Crippen LogP contribution in [0.4, 0.5) is 8.78 Å². The SMILES string of the molecule is CC(=O)SCC1CC1(F)F.